The lowest BCUT2D eigenvalue weighted by Crippen LogP contribution is -2.53. The number of allylic oxidation sites excluding steroid dienone is 1. The second-order valence-corrected chi connectivity index (χ2v) is 8.43. The Morgan fingerprint density at radius 3 is 2.62 bits per heavy atom. The Hall–Kier alpha value is -0.830. The van der Waals surface area contributed by atoms with E-state index < -0.39 is 0 Å². The van der Waals surface area contributed by atoms with Gasteiger partial charge in [-0.05, 0) is 49.4 Å². The van der Waals surface area contributed by atoms with Crippen molar-refractivity contribution in [2.24, 2.45) is 17.3 Å². The van der Waals surface area contributed by atoms with Crippen LogP contribution in [0.25, 0.3) is 0 Å². The molecule has 2 aliphatic heterocycles. The van der Waals surface area contributed by atoms with Crippen LogP contribution < -0.4 is 5.32 Å². The van der Waals surface area contributed by atoms with Gasteiger partial charge in [0.15, 0.2) is 0 Å². The number of rotatable bonds is 2. The minimum absolute atomic E-state index is 0.148. The van der Waals surface area contributed by atoms with Gasteiger partial charge in [0, 0.05) is 31.6 Å². The average Bonchev–Trinajstić information content (AvgIpc) is 2.83. The molecular weight excluding hydrogens is 260 g/mol. The van der Waals surface area contributed by atoms with E-state index in [1.807, 2.05) is 0 Å². The third-order valence-electron chi connectivity index (χ3n) is 7.04. The number of hydrogen-bond donors (Lipinski definition) is 1. The van der Waals surface area contributed by atoms with Gasteiger partial charge in [0.2, 0.25) is 5.91 Å². The maximum Gasteiger partial charge on any atom is 0.220 e. The van der Waals surface area contributed by atoms with E-state index in [-0.39, 0.29) is 11.4 Å². The summed E-state index contributed by atoms with van der Waals surface area (Å²) in [5.74, 6) is 2.03. The van der Waals surface area contributed by atoms with Crippen LogP contribution in [0, 0.1) is 17.3 Å². The van der Waals surface area contributed by atoms with E-state index >= 15 is 0 Å². The SMILES string of the molecule is CC1(C)[C@H]2CC=C(CN3CCC4(CCC(=O)N4)CC3)[C@@H]1C2. The molecule has 0 aromatic heterocycles. The molecule has 3 heteroatoms. The molecule has 5 aliphatic rings. The molecule has 1 N–H and O–H groups in total. The van der Waals surface area contributed by atoms with Gasteiger partial charge in [-0.25, -0.2) is 0 Å². The summed E-state index contributed by atoms with van der Waals surface area (Å²) in [7, 11) is 0. The number of carbonyl (C=O) groups excluding carboxylic acids is 1. The average molecular weight is 288 g/mol. The third-order valence-corrected chi connectivity index (χ3v) is 7.04. The van der Waals surface area contributed by atoms with Crippen LogP contribution in [0.1, 0.15) is 52.4 Å². The largest absolute Gasteiger partial charge is 0.351 e. The summed E-state index contributed by atoms with van der Waals surface area (Å²) in [5.41, 5.74) is 2.39. The molecule has 1 spiro atoms. The monoisotopic (exact) mass is 288 g/mol. The first-order chi connectivity index (χ1) is 9.98. The zero-order valence-corrected chi connectivity index (χ0v) is 13.5. The second-order valence-electron chi connectivity index (χ2n) is 8.43. The molecular formula is C18H28N2O. The van der Waals surface area contributed by atoms with Gasteiger partial charge in [0.25, 0.3) is 0 Å². The van der Waals surface area contributed by atoms with Gasteiger partial charge in [-0.15, -0.1) is 0 Å². The molecule has 2 saturated heterocycles. The van der Waals surface area contributed by atoms with Gasteiger partial charge >= 0.3 is 0 Å². The van der Waals surface area contributed by atoms with Gasteiger partial charge in [-0.1, -0.05) is 25.5 Å². The van der Waals surface area contributed by atoms with Crippen LogP contribution in [-0.2, 0) is 4.79 Å². The topological polar surface area (TPSA) is 32.3 Å². The maximum absolute atomic E-state index is 11.5. The molecule has 5 rings (SSSR count). The first kappa shape index (κ1) is 13.8. The lowest BCUT2D eigenvalue weighted by Gasteiger charge is -2.57. The molecule has 116 valence electrons. The minimum atomic E-state index is 0.148. The van der Waals surface area contributed by atoms with Crippen molar-refractivity contribution in [2.75, 3.05) is 19.6 Å². The molecule has 0 aromatic carbocycles. The van der Waals surface area contributed by atoms with E-state index in [0.717, 1.165) is 50.6 Å². The number of nitrogens with one attached hydrogen (secondary N) is 1. The van der Waals surface area contributed by atoms with Gasteiger partial charge in [0.1, 0.15) is 0 Å². The quantitative estimate of drug-likeness (QED) is 0.792. The van der Waals surface area contributed by atoms with Crippen molar-refractivity contribution < 1.29 is 4.79 Å². The van der Waals surface area contributed by atoms with Crippen molar-refractivity contribution in [3.8, 4) is 0 Å². The Morgan fingerprint density at radius 2 is 2.05 bits per heavy atom. The highest BCUT2D eigenvalue weighted by molar-refractivity contribution is 5.79. The number of amides is 1. The van der Waals surface area contributed by atoms with E-state index in [1.165, 1.54) is 19.4 Å². The summed E-state index contributed by atoms with van der Waals surface area (Å²) in [6.07, 6.45) is 9.33. The zero-order chi connectivity index (χ0) is 14.7. The molecule has 3 nitrogen and oxygen atoms in total. The van der Waals surface area contributed by atoms with Crippen LogP contribution in [0.4, 0.5) is 0 Å². The van der Waals surface area contributed by atoms with Crippen LogP contribution >= 0.6 is 0 Å². The van der Waals surface area contributed by atoms with Crippen LogP contribution in [0.5, 0.6) is 0 Å². The highest BCUT2D eigenvalue weighted by Crippen LogP contribution is 2.59. The molecule has 0 unspecified atom stereocenters. The predicted molar refractivity (Wildman–Crippen MR) is 83.9 cm³/mol. The van der Waals surface area contributed by atoms with E-state index in [2.05, 4.69) is 30.1 Å². The maximum atomic E-state index is 11.5. The van der Waals surface area contributed by atoms with Gasteiger partial charge < -0.3 is 5.32 Å². The summed E-state index contributed by atoms with van der Waals surface area (Å²) in [6, 6.07) is 0. The van der Waals surface area contributed by atoms with Crippen molar-refractivity contribution in [3.05, 3.63) is 11.6 Å². The Bertz CT molecular complexity index is 485. The van der Waals surface area contributed by atoms with Crippen LogP contribution in [0.3, 0.4) is 0 Å². The lowest BCUT2D eigenvalue weighted by molar-refractivity contribution is -0.120. The molecule has 3 aliphatic carbocycles. The van der Waals surface area contributed by atoms with Gasteiger partial charge in [0.05, 0.1) is 0 Å². The molecule has 3 fully saturated rings. The summed E-state index contributed by atoms with van der Waals surface area (Å²) >= 11 is 0. The van der Waals surface area contributed by atoms with Crippen LogP contribution in [0.15, 0.2) is 11.6 Å². The van der Waals surface area contributed by atoms with Crippen molar-refractivity contribution in [2.45, 2.75) is 57.9 Å². The smallest absolute Gasteiger partial charge is 0.220 e. The van der Waals surface area contributed by atoms with E-state index in [1.54, 1.807) is 5.57 Å². The number of carbonyl (C=O) groups is 1. The van der Waals surface area contributed by atoms with Crippen molar-refractivity contribution in [1.29, 1.82) is 0 Å². The molecule has 1 saturated carbocycles. The number of piperidine rings is 1. The number of fused-ring (bicyclic) bond motifs is 1. The van der Waals surface area contributed by atoms with E-state index in [9.17, 15) is 4.79 Å². The van der Waals surface area contributed by atoms with Crippen LogP contribution in [-0.4, -0.2) is 36.0 Å². The van der Waals surface area contributed by atoms with Crippen molar-refractivity contribution in [3.63, 3.8) is 0 Å². The summed E-state index contributed by atoms with van der Waals surface area (Å²) in [6.45, 7) is 8.38. The molecule has 21 heavy (non-hydrogen) atoms. The Labute approximate surface area is 128 Å². The van der Waals surface area contributed by atoms with E-state index in [0.29, 0.717) is 5.41 Å². The zero-order valence-electron chi connectivity index (χ0n) is 13.5. The molecule has 0 radical (unpaired) electrons. The van der Waals surface area contributed by atoms with Crippen LogP contribution in [0.2, 0.25) is 0 Å². The number of nitrogens with zero attached hydrogens (tertiary/aromatic N) is 1. The minimum Gasteiger partial charge on any atom is -0.351 e. The molecule has 1 amide bonds. The standard InChI is InChI=1S/C18H28N2O/c1-17(2)14-4-3-13(15(17)11-14)12-20-9-7-18(8-10-20)6-5-16(21)19-18/h3,14-15H,4-12H2,1-2H3,(H,19,21)/t14-,15-/m0/s1. The van der Waals surface area contributed by atoms with E-state index in [4.69, 9.17) is 0 Å². The van der Waals surface area contributed by atoms with Gasteiger partial charge in [-0.2, -0.15) is 0 Å². The summed E-state index contributed by atoms with van der Waals surface area (Å²) < 4.78 is 0. The second kappa shape index (κ2) is 4.58. The first-order valence-corrected chi connectivity index (χ1v) is 8.71. The Morgan fingerprint density at radius 1 is 1.29 bits per heavy atom. The number of hydrogen-bond acceptors (Lipinski definition) is 2. The Balaban J connectivity index is 1.36. The normalized spacial score (nSPS) is 37.0. The van der Waals surface area contributed by atoms with Gasteiger partial charge in [-0.3, -0.25) is 9.69 Å². The Kier molecular flexibility index (Phi) is 3.01. The fraction of sp³-hybridized carbons (Fsp3) is 0.833. The fourth-order valence-corrected chi connectivity index (χ4v) is 5.20. The third kappa shape index (κ3) is 2.16. The molecule has 2 bridgehead atoms. The summed E-state index contributed by atoms with van der Waals surface area (Å²) in [5, 5.41) is 3.24. The summed E-state index contributed by atoms with van der Waals surface area (Å²) in [4.78, 5) is 14.1. The predicted octanol–water partition coefficient (Wildman–Crippen LogP) is 2.72. The highest BCUT2D eigenvalue weighted by Gasteiger charge is 2.51. The van der Waals surface area contributed by atoms with Crippen molar-refractivity contribution in [1.82, 2.24) is 10.2 Å². The molecule has 0 aromatic rings. The first-order valence-electron chi connectivity index (χ1n) is 8.71. The highest BCUT2D eigenvalue weighted by atomic mass is 16.2. The van der Waals surface area contributed by atoms with Crippen molar-refractivity contribution >= 4 is 5.91 Å². The molecule has 2 heterocycles. The number of likely N-dealkylation sites (tertiary alicyclic amines) is 1. The fourth-order valence-electron chi connectivity index (χ4n) is 5.20. The lowest BCUT2D eigenvalue weighted by atomic mass is 9.49. The molecule has 2 atom stereocenters.